The monoisotopic (exact) mass is 287 g/mol. The maximum atomic E-state index is 13.9. The standard InChI is InChI=1S/C18H19F2N/c1-12(16-4-2-3-5-17(16)20)21-18(13-6-7-13)14-8-10-15(19)11-9-14/h2-5,8-13,18,21H,6-7H2,1H3/t12-,18?/m1/s1. The topological polar surface area (TPSA) is 12.0 Å². The fourth-order valence-electron chi connectivity index (χ4n) is 2.79. The van der Waals surface area contributed by atoms with Gasteiger partial charge >= 0.3 is 0 Å². The Kier molecular flexibility index (Phi) is 4.02. The number of hydrogen-bond donors (Lipinski definition) is 1. The summed E-state index contributed by atoms with van der Waals surface area (Å²) in [7, 11) is 0. The molecule has 3 heteroatoms. The Morgan fingerprint density at radius 3 is 2.29 bits per heavy atom. The minimum Gasteiger partial charge on any atom is -0.303 e. The molecule has 1 aliphatic rings. The van der Waals surface area contributed by atoms with Gasteiger partial charge in [0.2, 0.25) is 0 Å². The molecule has 110 valence electrons. The van der Waals surface area contributed by atoms with Crippen molar-refractivity contribution in [2.45, 2.75) is 31.8 Å². The largest absolute Gasteiger partial charge is 0.303 e. The van der Waals surface area contributed by atoms with Crippen LogP contribution in [0.25, 0.3) is 0 Å². The molecule has 1 nitrogen and oxygen atoms in total. The number of halogens is 2. The lowest BCUT2D eigenvalue weighted by Gasteiger charge is -2.24. The van der Waals surface area contributed by atoms with Crippen LogP contribution in [0.1, 0.15) is 43.0 Å². The average Bonchev–Trinajstić information content (AvgIpc) is 3.31. The summed E-state index contributed by atoms with van der Waals surface area (Å²) >= 11 is 0. The van der Waals surface area contributed by atoms with Gasteiger partial charge in [0, 0.05) is 17.6 Å². The van der Waals surface area contributed by atoms with E-state index in [2.05, 4.69) is 5.32 Å². The molecule has 0 saturated heterocycles. The quantitative estimate of drug-likeness (QED) is 0.835. The van der Waals surface area contributed by atoms with Crippen molar-refractivity contribution in [2.75, 3.05) is 0 Å². The van der Waals surface area contributed by atoms with Gasteiger partial charge in [-0.3, -0.25) is 0 Å². The number of benzene rings is 2. The first-order valence-electron chi connectivity index (χ1n) is 7.41. The van der Waals surface area contributed by atoms with E-state index in [4.69, 9.17) is 0 Å². The van der Waals surface area contributed by atoms with Gasteiger partial charge in [-0.15, -0.1) is 0 Å². The summed E-state index contributed by atoms with van der Waals surface area (Å²) in [4.78, 5) is 0. The lowest BCUT2D eigenvalue weighted by molar-refractivity contribution is 0.417. The van der Waals surface area contributed by atoms with Crippen LogP contribution in [-0.2, 0) is 0 Å². The van der Waals surface area contributed by atoms with E-state index < -0.39 is 0 Å². The second-order valence-corrected chi connectivity index (χ2v) is 5.78. The van der Waals surface area contributed by atoms with Crippen LogP contribution in [0.15, 0.2) is 48.5 Å². The fraction of sp³-hybridized carbons (Fsp3) is 0.333. The molecule has 0 aromatic heterocycles. The molecule has 1 fully saturated rings. The Bertz CT molecular complexity index is 605. The highest BCUT2D eigenvalue weighted by Crippen LogP contribution is 2.42. The summed E-state index contributed by atoms with van der Waals surface area (Å²) in [6.45, 7) is 1.97. The SMILES string of the molecule is C[C@@H](NC(c1ccc(F)cc1)C1CC1)c1ccccc1F. The minimum atomic E-state index is -0.226. The summed E-state index contributed by atoms with van der Waals surface area (Å²) in [5, 5.41) is 3.51. The second kappa shape index (κ2) is 5.94. The molecule has 0 heterocycles. The van der Waals surface area contributed by atoms with Crippen molar-refractivity contribution in [3.63, 3.8) is 0 Å². The Balaban J connectivity index is 1.79. The number of rotatable bonds is 5. The molecule has 21 heavy (non-hydrogen) atoms. The first-order chi connectivity index (χ1) is 10.1. The Morgan fingerprint density at radius 2 is 1.67 bits per heavy atom. The third-order valence-electron chi connectivity index (χ3n) is 4.12. The lowest BCUT2D eigenvalue weighted by atomic mass is 9.99. The summed E-state index contributed by atoms with van der Waals surface area (Å²) in [6, 6.07) is 13.5. The summed E-state index contributed by atoms with van der Waals surface area (Å²) in [5.41, 5.74) is 1.74. The van der Waals surface area contributed by atoms with E-state index in [0.717, 1.165) is 5.56 Å². The molecule has 2 aromatic rings. The van der Waals surface area contributed by atoms with Crippen LogP contribution in [0, 0.1) is 17.6 Å². The first kappa shape index (κ1) is 14.2. The van der Waals surface area contributed by atoms with E-state index in [1.807, 2.05) is 31.2 Å². The predicted octanol–water partition coefficient (Wildman–Crippen LogP) is 4.77. The van der Waals surface area contributed by atoms with Gasteiger partial charge in [-0.1, -0.05) is 30.3 Å². The number of nitrogens with one attached hydrogen (secondary N) is 1. The smallest absolute Gasteiger partial charge is 0.127 e. The highest BCUT2D eigenvalue weighted by atomic mass is 19.1. The van der Waals surface area contributed by atoms with Crippen molar-refractivity contribution < 1.29 is 8.78 Å². The second-order valence-electron chi connectivity index (χ2n) is 5.78. The van der Waals surface area contributed by atoms with Crippen LogP contribution in [0.4, 0.5) is 8.78 Å². The maximum Gasteiger partial charge on any atom is 0.127 e. The van der Waals surface area contributed by atoms with E-state index >= 15 is 0 Å². The van der Waals surface area contributed by atoms with E-state index in [1.165, 1.54) is 31.0 Å². The zero-order valence-electron chi connectivity index (χ0n) is 12.0. The molecule has 0 bridgehead atoms. The molecule has 3 rings (SSSR count). The molecular weight excluding hydrogens is 268 g/mol. The third kappa shape index (κ3) is 3.30. The normalized spacial score (nSPS) is 17.5. The van der Waals surface area contributed by atoms with Crippen LogP contribution in [0.2, 0.25) is 0 Å². The van der Waals surface area contributed by atoms with Crippen molar-refractivity contribution in [3.8, 4) is 0 Å². The van der Waals surface area contributed by atoms with Crippen LogP contribution < -0.4 is 5.32 Å². The van der Waals surface area contributed by atoms with Gasteiger partial charge in [-0.2, -0.15) is 0 Å². The Labute approximate surface area is 124 Å². The van der Waals surface area contributed by atoms with E-state index in [9.17, 15) is 8.78 Å². The number of hydrogen-bond acceptors (Lipinski definition) is 1. The van der Waals surface area contributed by atoms with Crippen LogP contribution >= 0.6 is 0 Å². The lowest BCUT2D eigenvalue weighted by Crippen LogP contribution is -2.26. The van der Waals surface area contributed by atoms with Crippen molar-refractivity contribution in [1.82, 2.24) is 5.32 Å². The van der Waals surface area contributed by atoms with Gasteiger partial charge in [0.05, 0.1) is 0 Å². The van der Waals surface area contributed by atoms with Gasteiger partial charge in [0.15, 0.2) is 0 Å². The van der Waals surface area contributed by atoms with Gasteiger partial charge in [0.25, 0.3) is 0 Å². The molecule has 1 saturated carbocycles. The highest BCUT2D eigenvalue weighted by Gasteiger charge is 2.33. The molecule has 0 amide bonds. The van der Waals surface area contributed by atoms with Crippen molar-refractivity contribution in [2.24, 2.45) is 5.92 Å². The first-order valence-corrected chi connectivity index (χ1v) is 7.41. The minimum absolute atomic E-state index is 0.0816. The molecule has 2 aromatic carbocycles. The van der Waals surface area contributed by atoms with Crippen molar-refractivity contribution >= 4 is 0 Å². The van der Waals surface area contributed by atoms with E-state index in [1.54, 1.807) is 6.07 Å². The maximum absolute atomic E-state index is 13.9. The summed E-state index contributed by atoms with van der Waals surface area (Å²) < 4.78 is 27.0. The molecule has 0 aliphatic heterocycles. The zero-order valence-corrected chi connectivity index (χ0v) is 12.0. The fourth-order valence-corrected chi connectivity index (χ4v) is 2.79. The molecular formula is C18H19F2N. The van der Waals surface area contributed by atoms with E-state index in [-0.39, 0.29) is 23.7 Å². The molecule has 1 aliphatic carbocycles. The Hall–Kier alpha value is -1.74. The van der Waals surface area contributed by atoms with Crippen molar-refractivity contribution in [1.29, 1.82) is 0 Å². The van der Waals surface area contributed by atoms with Gasteiger partial charge < -0.3 is 5.32 Å². The molecule has 0 radical (unpaired) electrons. The van der Waals surface area contributed by atoms with Gasteiger partial charge in [-0.25, -0.2) is 8.78 Å². The predicted molar refractivity (Wildman–Crippen MR) is 79.8 cm³/mol. The summed E-state index contributed by atoms with van der Waals surface area (Å²) in [5.74, 6) is 0.145. The van der Waals surface area contributed by atoms with Gasteiger partial charge in [-0.05, 0) is 49.4 Å². The average molecular weight is 287 g/mol. The molecule has 1 unspecified atom stereocenters. The van der Waals surface area contributed by atoms with Crippen LogP contribution in [0.3, 0.4) is 0 Å². The Morgan fingerprint density at radius 1 is 1.00 bits per heavy atom. The van der Waals surface area contributed by atoms with Crippen molar-refractivity contribution in [3.05, 3.63) is 71.3 Å². The van der Waals surface area contributed by atoms with Crippen LogP contribution in [-0.4, -0.2) is 0 Å². The van der Waals surface area contributed by atoms with Crippen LogP contribution in [0.5, 0.6) is 0 Å². The summed E-state index contributed by atoms with van der Waals surface area (Å²) in [6.07, 6.45) is 2.33. The molecule has 1 N–H and O–H groups in total. The zero-order chi connectivity index (χ0) is 14.8. The third-order valence-corrected chi connectivity index (χ3v) is 4.12. The highest BCUT2D eigenvalue weighted by molar-refractivity contribution is 5.25. The molecule has 0 spiro atoms. The van der Waals surface area contributed by atoms with Gasteiger partial charge in [0.1, 0.15) is 11.6 Å². The van der Waals surface area contributed by atoms with E-state index in [0.29, 0.717) is 11.5 Å². The molecule has 2 atom stereocenters.